The molecule has 1 aromatic carbocycles. The zero-order valence-electron chi connectivity index (χ0n) is 14.9. The summed E-state index contributed by atoms with van der Waals surface area (Å²) in [5.41, 5.74) is 0.929. The molecule has 0 heterocycles. The van der Waals surface area contributed by atoms with Crippen LogP contribution in [0.3, 0.4) is 0 Å². The van der Waals surface area contributed by atoms with Gasteiger partial charge in [-0.05, 0) is 38.3 Å². The zero-order chi connectivity index (χ0) is 19.2. The molecular weight excluding hydrogens is 344 g/mol. The maximum absolute atomic E-state index is 12.5. The van der Waals surface area contributed by atoms with Crippen molar-refractivity contribution in [3.05, 3.63) is 29.8 Å². The lowest BCUT2D eigenvalue weighted by Crippen LogP contribution is -2.49. The molecule has 0 aliphatic heterocycles. The molecule has 0 fully saturated rings. The van der Waals surface area contributed by atoms with Gasteiger partial charge in [-0.15, -0.1) is 0 Å². The predicted octanol–water partition coefficient (Wildman–Crippen LogP) is 1.67. The monoisotopic (exact) mass is 370 g/mol. The van der Waals surface area contributed by atoms with E-state index in [1.165, 1.54) is 12.1 Å². The largest absolute Gasteiger partial charge is 0.481 e. The van der Waals surface area contributed by atoms with Gasteiger partial charge in [0, 0.05) is 6.04 Å². The van der Waals surface area contributed by atoms with Crippen LogP contribution in [0.5, 0.6) is 0 Å². The van der Waals surface area contributed by atoms with Crippen LogP contribution in [0.15, 0.2) is 29.2 Å². The number of sulfonamides is 1. The molecule has 1 rings (SSSR count). The van der Waals surface area contributed by atoms with Crippen LogP contribution in [0.25, 0.3) is 0 Å². The van der Waals surface area contributed by atoms with Crippen LogP contribution in [0.2, 0.25) is 0 Å². The van der Waals surface area contributed by atoms with Gasteiger partial charge in [-0.3, -0.25) is 9.59 Å². The first-order valence-corrected chi connectivity index (χ1v) is 9.60. The van der Waals surface area contributed by atoms with Crippen LogP contribution in [0.4, 0.5) is 0 Å². The SMILES string of the molecule is Cc1ccc(S(=O)(=O)NC(CC(C)C)C(=O)NC(C)CC(=O)O)cc1. The Hall–Kier alpha value is -1.93. The Kier molecular flexibility index (Phi) is 7.57. The molecular formula is C17H26N2O5S. The molecule has 140 valence electrons. The van der Waals surface area contributed by atoms with Crippen molar-refractivity contribution in [2.24, 2.45) is 5.92 Å². The first-order valence-electron chi connectivity index (χ1n) is 8.12. The molecule has 2 atom stereocenters. The molecule has 7 nitrogen and oxygen atoms in total. The minimum absolute atomic E-state index is 0.0752. The lowest BCUT2D eigenvalue weighted by Gasteiger charge is -2.22. The van der Waals surface area contributed by atoms with Crippen molar-refractivity contribution >= 4 is 21.9 Å². The number of carbonyl (C=O) groups is 2. The Labute approximate surface area is 148 Å². The smallest absolute Gasteiger partial charge is 0.305 e. The summed E-state index contributed by atoms with van der Waals surface area (Å²) in [4.78, 5) is 23.2. The van der Waals surface area contributed by atoms with E-state index in [1.807, 2.05) is 20.8 Å². The van der Waals surface area contributed by atoms with Gasteiger partial charge in [0.2, 0.25) is 15.9 Å². The van der Waals surface area contributed by atoms with Crippen molar-refractivity contribution in [1.29, 1.82) is 0 Å². The van der Waals surface area contributed by atoms with Crippen molar-refractivity contribution in [2.45, 2.75) is 57.5 Å². The molecule has 0 spiro atoms. The molecule has 0 bridgehead atoms. The number of hydrogen-bond acceptors (Lipinski definition) is 4. The van der Waals surface area contributed by atoms with Crippen molar-refractivity contribution in [3.63, 3.8) is 0 Å². The lowest BCUT2D eigenvalue weighted by atomic mass is 10.0. The number of carboxylic acids is 1. The van der Waals surface area contributed by atoms with Crippen LogP contribution in [-0.4, -0.2) is 37.5 Å². The normalized spacial score (nSPS) is 14.1. The Morgan fingerprint density at radius 2 is 1.68 bits per heavy atom. The van der Waals surface area contributed by atoms with Gasteiger partial charge in [0.1, 0.15) is 6.04 Å². The predicted molar refractivity (Wildman–Crippen MR) is 94.6 cm³/mol. The van der Waals surface area contributed by atoms with Gasteiger partial charge in [0.15, 0.2) is 0 Å². The number of aryl methyl sites for hydroxylation is 1. The van der Waals surface area contributed by atoms with Gasteiger partial charge < -0.3 is 10.4 Å². The lowest BCUT2D eigenvalue weighted by molar-refractivity contribution is -0.137. The quantitative estimate of drug-likeness (QED) is 0.612. The average molecular weight is 370 g/mol. The van der Waals surface area contributed by atoms with Crippen LogP contribution in [-0.2, 0) is 19.6 Å². The van der Waals surface area contributed by atoms with Gasteiger partial charge in [-0.25, -0.2) is 8.42 Å². The van der Waals surface area contributed by atoms with Crippen LogP contribution in [0, 0.1) is 12.8 Å². The highest BCUT2D eigenvalue weighted by atomic mass is 32.2. The van der Waals surface area contributed by atoms with E-state index in [4.69, 9.17) is 5.11 Å². The number of aliphatic carboxylic acids is 1. The number of benzene rings is 1. The Balaban J connectivity index is 2.92. The molecule has 0 radical (unpaired) electrons. The van der Waals surface area contributed by atoms with E-state index in [1.54, 1.807) is 19.1 Å². The second kappa shape index (κ2) is 8.96. The summed E-state index contributed by atoms with van der Waals surface area (Å²) >= 11 is 0. The standard InChI is InChI=1S/C17H26N2O5S/c1-11(2)9-15(17(22)18-13(4)10-16(20)21)19-25(23,24)14-7-5-12(3)6-8-14/h5-8,11,13,15,19H,9-10H2,1-4H3,(H,18,22)(H,20,21). The van der Waals surface area contributed by atoms with E-state index < -0.39 is 34.0 Å². The number of rotatable bonds is 9. The molecule has 0 saturated heterocycles. The molecule has 3 N–H and O–H groups in total. The highest BCUT2D eigenvalue weighted by molar-refractivity contribution is 7.89. The summed E-state index contributed by atoms with van der Waals surface area (Å²) in [6, 6.07) is 4.76. The molecule has 1 amide bonds. The van der Waals surface area contributed by atoms with E-state index in [-0.39, 0.29) is 17.2 Å². The summed E-state index contributed by atoms with van der Waals surface area (Å²) in [6.07, 6.45) is 0.0710. The molecule has 8 heteroatoms. The van der Waals surface area contributed by atoms with Crippen LogP contribution < -0.4 is 10.0 Å². The molecule has 25 heavy (non-hydrogen) atoms. The van der Waals surface area contributed by atoms with Crippen LogP contribution in [0.1, 0.15) is 39.2 Å². The Morgan fingerprint density at radius 1 is 1.12 bits per heavy atom. The maximum Gasteiger partial charge on any atom is 0.305 e. The summed E-state index contributed by atoms with van der Waals surface area (Å²) in [5, 5.41) is 11.3. The van der Waals surface area contributed by atoms with Gasteiger partial charge in [0.25, 0.3) is 0 Å². The molecule has 1 aromatic rings. The van der Waals surface area contributed by atoms with Crippen molar-refractivity contribution in [3.8, 4) is 0 Å². The van der Waals surface area contributed by atoms with E-state index in [2.05, 4.69) is 10.0 Å². The second-order valence-electron chi connectivity index (χ2n) is 6.62. The van der Waals surface area contributed by atoms with Crippen molar-refractivity contribution in [1.82, 2.24) is 10.0 Å². The van der Waals surface area contributed by atoms with E-state index in [0.29, 0.717) is 6.42 Å². The topological polar surface area (TPSA) is 113 Å². The first kappa shape index (κ1) is 21.1. The summed E-state index contributed by atoms with van der Waals surface area (Å²) in [5.74, 6) is -1.49. The first-order chi connectivity index (χ1) is 11.5. The fourth-order valence-electron chi connectivity index (χ4n) is 2.31. The molecule has 0 saturated carbocycles. The fourth-order valence-corrected chi connectivity index (χ4v) is 3.52. The Morgan fingerprint density at radius 3 is 2.16 bits per heavy atom. The van der Waals surface area contributed by atoms with E-state index in [9.17, 15) is 18.0 Å². The molecule has 0 aliphatic rings. The minimum Gasteiger partial charge on any atom is -0.481 e. The van der Waals surface area contributed by atoms with E-state index in [0.717, 1.165) is 5.56 Å². The number of hydrogen-bond donors (Lipinski definition) is 3. The zero-order valence-corrected chi connectivity index (χ0v) is 15.8. The average Bonchev–Trinajstić information content (AvgIpc) is 2.45. The maximum atomic E-state index is 12.5. The number of carboxylic acid groups (broad SMARTS) is 1. The van der Waals surface area contributed by atoms with Crippen molar-refractivity contribution in [2.75, 3.05) is 0 Å². The number of carbonyl (C=O) groups excluding carboxylic acids is 1. The third kappa shape index (κ3) is 7.23. The summed E-state index contributed by atoms with van der Waals surface area (Å²) in [6.45, 7) is 7.16. The second-order valence-corrected chi connectivity index (χ2v) is 8.34. The number of amides is 1. The van der Waals surface area contributed by atoms with Gasteiger partial charge in [-0.1, -0.05) is 31.5 Å². The van der Waals surface area contributed by atoms with Gasteiger partial charge in [-0.2, -0.15) is 4.72 Å². The molecule has 2 unspecified atom stereocenters. The highest BCUT2D eigenvalue weighted by Gasteiger charge is 2.27. The Bertz CT molecular complexity index is 698. The van der Waals surface area contributed by atoms with Crippen LogP contribution >= 0.6 is 0 Å². The van der Waals surface area contributed by atoms with Gasteiger partial charge >= 0.3 is 5.97 Å². The minimum atomic E-state index is -3.85. The number of nitrogens with one attached hydrogen (secondary N) is 2. The van der Waals surface area contributed by atoms with Crippen molar-refractivity contribution < 1.29 is 23.1 Å². The third-order valence-electron chi connectivity index (χ3n) is 3.52. The molecule has 0 aromatic heterocycles. The highest BCUT2D eigenvalue weighted by Crippen LogP contribution is 2.13. The fraction of sp³-hybridized carbons (Fsp3) is 0.529. The third-order valence-corrected chi connectivity index (χ3v) is 5.01. The molecule has 0 aliphatic carbocycles. The summed E-state index contributed by atoms with van der Waals surface area (Å²) in [7, 11) is -3.85. The summed E-state index contributed by atoms with van der Waals surface area (Å²) < 4.78 is 27.5. The van der Waals surface area contributed by atoms with Gasteiger partial charge in [0.05, 0.1) is 11.3 Å². The van der Waals surface area contributed by atoms with E-state index >= 15 is 0 Å².